The fourth-order valence-corrected chi connectivity index (χ4v) is 2.72. The average Bonchev–Trinajstić information content (AvgIpc) is 2.83. The summed E-state index contributed by atoms with van der Waals surface area (Å²) in [6.45, 7) is 0.886. The third-order valence-electron chi connectivity index (χ3n) is 2.54. The van der Waals surface area contributed by atoms with Gasteiger partial charge >= 0.3 is 0 Å². The predicted octanol–water partition coefficient (Wildman–Crippen LogP) is 3.33. The van der Waals surface area contributed by atoms with E-state index in [0.29, 0.717) is 0 Å². The summed E-state index contributed by atoms with van der Waals surface area (Å²) < 4.78 is 1.03. The summed E-state index contributed by atoms with van der Waals surface area (Å²) in [5.41, 5.74) is 1.10. The first kappa shape index (κ1) is 12.8. The minimum Gasteiger partial charge on any atom is -0.394 e. The topological polar surface area (TPSA) is 32.3 Å². The van der Waals surface area contributed by atoms with Crippen molar-refractivity contribution in [3.8, 4) is 0 Å². The van der Waals surface area contributed by atoms with E-state index in [-0.39, 0.29) is 12.6 Å². The third kappa shape index (κ3) is 3.64. The number of rotatable bonds is 5. The van der Waals surface area contributed by atoms with Gasteiger partial charge < -0.3 is 10.4 Å². The van der Waals surface area contributed by atoms with Crippen LogP contribution in [0.1, 0.15) is 16.5 Å². The lowest BCUT2D eigenvalue weighted by Gasteiger charge is -2.16. The van der Waals surface area contributed by atoms with Gasteiger partial charge in [0.15, 0.2) is 0 Å². The summed E-state index contributed by atoms with van der Waals surface area (Å²) in [6, 6.07) is 12.1. The Labute approximate surface area is 113 Å². The molecule has 0 aliphatic rings. The zero-order valence-corrected chi connectivity index (χ0v) is 11.7. The maximum atomic E-state index is 9.42. The Bertz CT molecular complexity index is 458. The highest BCUT2D eigenvalue weighted by molar-refractivity contribution is 9.10. The first-order valence-corrected chi connectivity index (χ1v) is 7.09. The molecule has 2 nitrogen and oxygen atoms in total. The van der Waals surface area contributed by atoms with Crippen LogP contribution in [-0.2, 0) is 6.54 Å². The van der Waals surface area contributed by atoms with Crippen LogP contribution in [0.3, 0.4) is 0 Å². The van der Waals surface area contributed by atoms with Crippen LogP contribution in [0, 0.1) is 0 Å². The molecule has 0 aliphatic heterocycles. The number of aliphatic hydroxyl groups is 1. The van der Waals surface area contributed by atoms with Crippen molar-refractivity contribution < 1.29 is 5.11 Å². The highest BCUT2D eigenvalue weighted by Crippen LogP contribution is 2.19. The molecule has 0 spiro atoms. The van der Waals surface area contributed by atoms with Crippen LogP contribution in [0.5, 0.6) is 0 Å². The van der Waals surface area contributed by atoms with Crippen LogP contribution in [-0.4, -0.2) is 11.7 Å². The van der Waals surface area contributed by atoms with E-state index in [2.05, 4.69) is 32.7 Å². The third-order valence-corrected chi connectivity index (χ3v) is 3.91. The summed E-state index contributed by atoms with van der Waals surface area (Å²) in [5.74, 6) is 0. The van der Waals surface area contributed by atoms with E-state index >= 15 is 0 Å². The Morgan fingerprint density at radius 2 is 2.18 bits per heavy atom. The fourth-order valence-electron chi connectivity index (χ4n) is 1.65. The van der Waals surface area contributed by atoms with Crippen LogP contribution in [0.15, 0.2) is 46.3 Å². The van der Waals surface area contributed by atoms with Gasteiger partial charge in [0, 0.05) is 15.9 Å². The molecule has 4 heteroatoms. The minimum atomic E-state index is -0.0189. The molecule has 0 fully saturated rings. The molecule has 2 N–H and O–H groups in total. The molecule has 1 atom stereocenters. The number of aliphatic hydroxyl groups excluding tert-OH is 1. The van der Waals surface area contributed by atoms with Crippen molar-refractivity contribution in [3.63, 3.8) is 0 Å². The summed E-state index contributed by atoms with van der Waals surface area (Å²) >= 11 is 5.16. The summed E-state index contributed by atoms with van der Waals surface area (Å²) in [4.78, 5) is 1.28. The van der Waals surface area contributed by atoms with E-state index in [0.717, 1.165) is 16.6 Å². The average molecular weight is 312 g/mol. The summed E-state index contributed by atoms with van der Waals surface area (Å²) in [7, 11) is 0. The number of hydrogen-bond donors (Lipinski definition) is 2. The highest BCUT2D eigenvalue weighted by atomic mass is 79.9. The molecule has 1 heterocycles. The molecule has 0 saturated carbocycles. The molecule has 1 unspecified atom stereocenters. The maximum absolute atomic E-state index is 9.42. The quantitative estimate of drug-likeness (QED) is 0.887. The van der Waals surface area contributed by atoms with Crippen LogP contribution >= 0.6 is 27.3 Å². The van der Waals surface area contributed by atoms with Gasteiger partial charge in [0.05, 0.1) is 12.6 Å². The molecular weight excluding hydrogens is 298 g/mol. The van der Waals surface area contributed by atoms with Crippen LogP contribution in [0.4, 0.5) is 0 Å². The Morgan fingerprint density at radius 1 is 1.29 bits per heavy atom. The normalized spacial score (nSPS) is 12.6. The smallest absolute Gasteiger partial charge is 0.0626 e. The van der Waals surface area contributed by atoms with Gasteiger partial charge in [-0.1, -0.05) is 34.1 Å². The zero-order valence-electron chi connectivity index (χ0n) is 9.27. The maximum Gasteiger partial charge on any atom is 0.0626 e. The van der Waals surface area contributed by atoms with Crippen molar-refractivity contribution in [2.24, 2.45) is 0 Å². The lowest BCUT2D eigenvalue weighted by atomic mass is 10.1. The standard InChI is InChI=1S/C13H14BrNOS/c14-11-4-1-3-10(7-11)13(9-16)15-8-12-5-2-6-17-12/h1-7,13,15-16H,8-9H2. The molecule has 2 rings (SSSR count). The van der Waals surface area contributed by atoms with Crippen molar-refractivity contribution in [3.05, 3.63) is 56.7 Å². The highest BCUT2D eigenvalue weighted by Gasteiger charge is 2.09. The van der Waals surface area contributed by atoms with E-state index in [9.17, 15) is 5.11 Å². The minimum absolute atomic E-state index is 0.0189. The van der Waals surface area contributed by atoms with Crippen molar-refractivity contribution in [1.82, 2.24) is 5.32 Å². The zero-order chi connectivity index (χ0) is 12.1. The van der Waals surface area contributed by atoms with Gasteiger partial charge in [-0.15, -0.1) is 11.3 Å². The first-order chi connectivity index (χ1) is 8.29. The van der Waals surface area contributed by atoms with Gasteiger partial charge in [-0.2, -0.15) is 0 Å². The first-order valence-electron chi connectivity index (χ1n) is 5.41. The Hall–Kier alpha value is -0.680. The monoisotopic (exact) mass is 311 g/mol. The number of benzene rings is 1. The number of hydrogen-bond acceptors (Lipinski definition) is 3. The molecule has 2 aromatic rings. The lowest BCUT2D eigenvalue weighted by Crippen LogP contribution is -2.23. The van der Waals surface area contributed by atoms with Gasteiger partial charge in [0.1, 0.15) is 0 Å². The van der Waals surface area contributed by atoms with Gasteiger partial charge in [0.2, 0.25) is 0 Å². The number of halogens is 1. The largest absolute Gasteiger partial charge is 0.394 e. The van der Waals surface area contributed by atoms with Crippen molar-refractivity contribution >= 4 is 27.3 Å². The molecule has 0 saturated heterocycles. The van der Waals surface area contributed by atoms with Crippen molar-refractivity contribution in [1.29, 1.82) is 0 Å². The molecule has 0 amide bonds. The van der Waals surface area contributed by atoms with E-state index in [1.807, 2.05) is 30.3 Å². The van der Waals surface area contributed by atoms with Gasteiger partial charge in [-0.05, 0) is 29.1 Å². The molecule has 0 bridgehead atoms. The van der Waals surface area contributed by atoms with E-state index in [1.54, 1.807) is 11.3 Å². The SMILES string of the molecule is OCC(NCc1cccs1)c1cccc(Br)c1. The Morgan fingerprint density at radius 3 is 2.82 bits per heavy atom. The molecular formula is C13H14BrNOS. The summed E-state index contributed by atoms with van der Waals surface area (Å²) in [5, 5.41) is 14.8. The van der Waals surface area contributed by atoms with Gasteiger partial charge in [-0.25, -0.2) is 0 Å². The second kappa shape index (κ2) is 6.31. The fraction of sp³-hybridized carbons (Fsp3) is 0.231. The molecule has 1 aromatic carbocycles. The van der Waals surface area contributed by atoms with E-state index in [1.165, 1.54) is 4.88 Å². The van der Waals surface area contributed by atoms with Crippen molar-refractivity contribution in [2.45, 2.75) is 12.6 Å². The number of nitrogens with one attached hydrogen (secondary N) is 1. The molecule has 0 aliphatic carbocycles. The second-order valence-electron chi connectivity index (χ2n) is 3.75. The van der Waals surface area contributed by atoms with Crippen molar-refractivity contribution in [2.75, 3.05) is 6.61 Å². The summed E-state index contributed by atoms with van der Waals surface area (Å²) in [6.07, 6.45) is 0. The van der Waals surface area contributed by atoms with Crippen LogP contribution in [0.25, 0.3) is 0 Å². The number of thiophene rings is 1. The molecule has 0 radical (unpaired) electrons. The van der Waals surface area contributed by atoms with Crippen LogP contribution in [0.2, 0.25) is 0 Å². The molecule has 1 aromatic heterocycles. The van der Waals surface area contributed by atoms with E-state index < -0.39 is 0 Å². The van der Waals surface area contributed by atoms with Gasteiger partial charge in [0.25, 0.3) is 0 Å². The predicted molar refractivity (Wildman–Crippen MR) is 75.1 cm³/mol. The molecule has 90 valence electrons. The van der Waals surface area contributed by atoms with E-state index in [4.69, 9.17) is 0 Å². The molecule has 17 heavy (non-hydrogen) atoms. The van der Waals surface area contributed by atoms with Gasteiger partial charge in [-0.3, -0.25) is 0 Å². The second-order valence-corrected chi connectivity index (χ2v) is 5.70. The lowest BCUT2D eigenvalue weighted by molar-refractivity contribution is 0.244. The Kier molecular flexibility index (Phi) is 4.74. The Balaban J connectivity index is 2.01. The van der Waals surface area contributed by atoms with Crippen LogP contribution < -0.4 is 5.32 Å².